The van der Waals surface area contributed by atoms with E-state index < -0.39 is 0 Å². The van der Waals surface area contributed by atoms with Crippen molar-refractivity contribution < 1.29 is 18.7 Å². The standard InChI is InChI=1S/C26H30N2O4/c1-30-21-12-10-20(11-13-21)24(28-16-6-3-7-17-28)18-27-26(29)25-15-14-23(32-25)19-31-22-8-4-2-5-9-22/h2,4-5,8-15,24H,3,6-7,16-19H2,1H3,(H,27,29)/t24-/m0/s1. The van der Waals surface area contributed by atoms with Crippen molar-refractivity contribution in [2.24, 2.45) is 0 Å². The van der Waals surface area contributed by atoms with Crippen LogP contribution in [0.1, 0.15) is 47.2 Å². The Morgan fingerprint density at radius 2 is 1.72 bits per heavy atom. The number of furan rings is 1. The number of carbonyl (C=O) groups is 1. The maximum absolute atomic E-state index is 12.8. The zero-order chi connectivity index (χ0) is 22.2. The molecule has 0 bridgehead atoms. The number of rotatable bonds is 9. The van der Waals surface area contributed by atoms with Gasteiger partial charge in [-0.15, -0.1) is 0 Å². The summed E-state index contributed by atoms with van der Waals surface area (Å²) in [6, 6.07) is 21.2. The maximum Gasteiger partial charge on any atom is 0.287 e. The van der Waals surface area contributed by atoms with E-state index in [9.17, 15) is 4.79 Å². The molecule has 1 N–H and O–H groups in total. The second-order valence-electron chi connectivity index (χ2n) is 7.96. The first kappa shape index (κ1) is 22.0. The van der Waals surface area contributed by atoms with Crippen molar-refractivity contribution in [3.63, 3.8) is 0 Å². The van der Waals surface area contributed by atoms with E-state index >= 15 is 0 Å². The molecule has 2 heterocycles. The third-order valence-electron chi connectivity index (χ3n) is 5.80. The van der Waals surface area contributed by atoms with Gasteiger partial charge in [0.05, 0.1) is 13.2 Å². The molecule has 1 saturated heterocycles. The molecule has 0 aliphatic carbocycles. The van der Waals surface area contributed by atoms with Crippen LogP contribution in [0.3, 0.4) is 0 Å². The first-order valence-electron chi connectivity index (χ1n) is 11.2. The maximum atomic E-state index is 12.8. The van der Waals surface area contributed by atoms with Gasteiger partial charge >= 0.3 is 0 Å². The second kappa shape index (κ2) is 10.9. The van der Waals surface area contributed by atoms with Crippen LogP contribution in [-0.4, -0.2) is 37.6 Å². The molecule has 1 fully saturated rings. The number of benzene rings is 2. The number of para-hydroxylation sites is 1. The molecule has 1 aliphatic heterocycles. The Hall–Kier alpha value is -3.25. The van der Waals surface area contributed by atoms with Gasteiger partial charge in [-0.2, -0.15) is 0 Å². The highest BCUT2D eigenvalue weighted by molar-refractivity contribution is 5.91. The zero-order valence-corrected chi connectivity index (χ0v) is 18.5. The third kappa shape index (κ3) is 5.71. The predicted octanol–water partition coefficient (Wildman–Crippen LogP) is 4.82. The van der Waals surface area contributed by atoms with Gasteiger partial charge in [-0.1, -0.05) is 36.8 Å². The zero-order valence-electron chi connectivity index (χ0n) is 18.5. The molecule has 4 rings (SSSR count). The van der Waals surface area contributed by atoms with E-state index in [4.69, 9.17) is 13.9 Å². The van der Waals surface area contributed by atoms with Crippen LogP contribution in [0, 0.1) is 0 Å². The quantitative estimate of drug-likeness (QED) is 0.523. The van der Waals surface area contributed by atoms with Gasteiger partial charge in [0.15, 0.2) is 5.76 Å². The topological polar surface area (TPSA) is 63.9 Å². The van der Waals surface area contributed by atoms with Crippen LogP contribution in [0.4, 0.5) is 0 Å². The summed E-state index contributed by atoms with van der Waals surface area (Å²) in [5.41, 5.74) is 1.17. The van der Waals surface area contributed by atoms with E-state index in [1.165, 1.54) is 24.8 Å². The number of carbonyl (C=O) groups excluding carboxylic acids is 1. The van der Waals surface area contributed by atoms with Gasteiger partial charge in [-0.05, 0) is 67.9 Å². The normalized spacial score (nSPS) is 15.2. The fourth-order valence-corrected chi connectivity index (χ4v) is 4.04. The minimum absolute atomic E-state index is 0.112. The Morgan fingerprint density at radius 3 is 2.44 bits per heavy atom. The van der Waals surface area contributed by atoms with Crippen molar-refractivity contribution in [2.75, 3.05) is 26.7 Å². The third-order valence-corrected chi connectivity index (χ3v) is 5.80. The Kier molecular flexibility index (Phi) is 7.46. The van der Waals surface area contributed by atoms with Crippen molar-refractivity contribution in [1.29, 1.82) is 0 Å². The number of hydrogen-bond acceptors (Lipinski definition) is 5. The van der Waals surface area contributed by atoms with Crippen LogP contribution >= 0.6 is 0 Å². The number of hydrogen-bond donors (Lipinski definition) is 1. The molecular formula is C26H30N2O4. The lowest BCUT2D eigenvalue weighted by Crippen LogP contribution is -2.40. The van der Waals surface area contributed by atoms with Crippen molar-refractivity contribution in [3.8, 4) is 11.5 Å². The van der Waals surface area contributed by atoms with Gasteiger partial charge < -0.3 is 19.2 Å². The molecule has 1 atom stereocenters. The number of nitrogens with one attached hydrogen (secondary N) is 1. The summed E-state index contributed by atoms with van der Waals surface area (Å²) in [5.74, 6) is 2.28. The van der Waals surface area contributed by atoms with Crippen LogP contribution in [-0.2, 0) is 6.61 Å². The number of piperidine rings is 1. The fraction of sp³-hybridized carbons (Fsp3) is 0.346. The van der Waals surface area contributed by atoms with Crippen LogP contribution in [0.5, 0.6) is 11.5 Å². The SMILES string of the molecule is COc1ccc([C@H](CNC(=O)c2ccc(COc3ccccc3)o2)N2CCCCC2)cc1. The van der Waals surface area contributed by atoms with E-state index in [2.05, 4.69) is 22.3 Å². The summed E-state index contributed by atoms with van der Waals surface area (Å²) in [6.07, 6.45) is 3.63. The Balaban J connectivity index is 1.37. The molecule has 2 aromatic carbocycles. The lowest BCUT2D eigenvalue weighted by atomic mass is 10.0. The molecular weight excluding hydrogens is 404 g/mol. The van der Waals surface area contributed by atoms with Gasteiger partial charge in [0.2, 0.25) is 0 Å². The summed E-state index contributed by atoms with van der Waals surface area (Å²) in [5, 5.41) is 3.06. The van der Waals surface area contributed by atoms with Gasteiger partial charge in [-0.25, -0.2) is 0 Å². The number of amides is 1. The highest BCUT2D eigenvalue weighted by atomic mass is 16.5. The molecule has 0 saturated carbocycles. The van der Waals surface area contributed by atoms with Gasteiger partial charge in [0.1, 0.15) is 23.9 Å². The Bertz CT molecular complexity index is 979. The summed E-state index contributed by atoms with van der Waals surface area (Å²) >= 11 is 0. The first-order valence-corrected chi connectivity index (χ1v) is 11.2. The smallest absolute Gasteiger partial charge is 0.287 e. The van der Waals surface area contributed by atoms with Crippen molar-refractivity contribution >= 4 is 5.91 Å². The number of ether oxygens (including phenoxy) is 2. The largest absolute Gasteiger partial charge is 0.497 e. The summed E-state index contributed by atoms with van der Waals surface area (Å²) in [6.45, 7) is 2.86. The van der Waals surface area contributed by atoms with E-state index in [1.807, 2.05) is 42.5 Å². The van der Waals surface area contributed by atoms with Crippen LogP contribution in [0.25, 0.3) is 0 Å². The minimum Gasteiger partial charge on any atom is -0.497 e. The van der Waals surface area contributed by atoms with Crippen LogP contribution in [0.2, 0.25) is 0 Å². The average Bonchev–Trinajstić information content (AvgIpc) is 3.34. The Labute approximate surface area is 189 Å². The number of methoxy groups -OCH3 is 1. The average molecular weight is 435 g/mol. The highest BCUT2D eigenvalue weighted by Crippen LogP contribution is 2.26. The van der Waals surface area contributed by atoms with E-state index in [0.29, 0.717) is 18.1 Å². The highest BCUT2D eigenvalue weighted by Gasteiger charge is 2.23. The van der Waals surface area contributed by atoms with E-state index in [-0.39, 0.29) is 18.6 Å². The summed E-state index contributed by atoms with van der Waals surface area (Å²) in [4.78, 5) is 15.2. The molecule has 168 valence electrons. The van der Waals surface area contributed by atoms with Crippen molar-refractivity contribution in [2.45, 2.75) is 31.9 Å². The number of likely N-dealkylation sites (tertiary alicyclic amines) is 1. The Morgan fingerprint density at radius 1 is 0.969 bits per heavy atom. The van der Waals surface area contributed by atoms with Gasteiger partial charge in [0, 0.05) is 6.54 Å². The molecule has 1 aromatic heterocycles. The molecule has 6 heteroatoms. The lowest BCUT2D eigenvalue weighted by Gasteiger charge is -2.35. The van der Waals surface area contributed by atoms with Crippen molar-refractivity contribution in [3.05, 3.63) is 83.8 Å². The molecule has 0 radical (unpaired) electrons. The van der Waals surface area contributed by atoms with E-state index in [1.54, 1.807) is 19.2 Å². The number of nitrogens with zero attached hydrogens (tertiary/aromatic N) is 1. The summed E-state index contributed by atoms with van der Waals surface area (Å²) in [7, 11) is 1.67. The molecule has 0 unspecified atom stereocenters. The monoisotopic (exact) mass is 434 g/mol. The molecule has 1 amide bonds. The predicted molar refractivity (Wildman–Crippen MR) is 123 cm³/mol. The van der Waals surface area contributed by atoms with Crippen LogP contribution < -0.4 is 14.8 Å². The van der Waals surface area contributed by atoms with E-state index in [0.717, 1.165) is 24.6 Å². The second-order valence-corrected chi connectivity index (χ2v) is 7.96. The summed E-state index contributed by atoms with van der Waals surface area (Å²) < 4.78 is 16.7. The first-order chi connectivity index (χ1) is 15.7. The minimum atomic E-state index is -0.216. The fourth-order valence-electron chi connectivity index (χ4n) is 4.04. The van der Waals surface area contributed by atoms with Gasteiger partial charge in [0.25, 0.3) is 5.91 Å². The molecule has 6 nitrogen and oxygen atoms in total. The molecule has 32 heavy (non-hydrogen) atoms. The van der Waals surface area contributed by atoms with Crippen molar-refractivity contribution in [1.82, 2.24) is 10.2 Å². The van der Waals surface area contributed by atoms with Crippen LogP contribution in [0.15, 0.2) is 71.1 Å². The molecule has 1 aliphatic rings. The molecule has 0 spiro atoms. The lowest BCUT2D eigenvalue weighted by molar-refractivity contribution is 0.0893. The van der Waals surface area contributed by atoms with Gasteiger partial charge in [-0.3, -0.25) is 9.69 Å². The molecule has 3 aromatic rings.